The molecule has 0 spiro atoms. The molecule has 0 saturated carbocycles. The molecule has 88 valence electrons. The smallest absolute Gasteiger partial charge is 0.307 e. The van der Waals surface area contributed by atoms with Crippen LogP contribution >= 0.6 is 0 Å². The zero-order valence-electron chi connectivity index (χ0n) is 9.23. The SMILES string of the molecule is CCS(=O)(=O)c1ccc(C)cc1CC(=O)O. The maximum atomic E-state index is 11.7. The van der Waals surface area contributed by atoms with Crippen molar-refractivity contribution < 1.29 is 18.3 Å². The summed E-state index contributed by atoms with van der Waals surface area (Å²) in [4.78, 5) is 10.8. The number of rotatable bonds is 4. The van der Waals surface area contributed by atoms with E-state index in [2.05, 4.69) is 0 Å². The summed E-state index contributed by atoms with van der Waals surface area (Å²) in [6.45, 7) is 3.34. The molecular weight excluding hydrogens is 228 g/mol. The molecule has 0 aliphatic carbocycles. The van der Waals surface area contributed by atoms with Gasteiger partial charge in [-0.2, -0.15) is 0 Å². The van der Waals surface area contributed by atoms with Crippen molar-refractivity contribution in [1.82, 2.24) is 0 Å². The number of benzene rings is 1. The maximum absolute atomic E-state index is 11.7. The third-order valence-corrected chi connectivity index (χ3v) is 4.10. The first kappa shape index (κ1) is 12.7. The van der Waals surface area contributed by atoms with Crippen LogP contribution < -0.4 is 0 Å². The topological polar surface area (TPSA) is 71.4 Å². The summed E-state index contributed by atoms with van der Waals surface area (Å²) < 4.78 is 23.4. The summed E-state index contributed by atoms with van der Waals surface area (Å²) in [6.07, 6.45) is -0.268. The number of carbonyl (C=O) groups is 1. The standard InChI is InChI=1S/C11H14O4S/c1-3-16(14,15)10-5-4-8(2)6-9(10)7-11(12)13/h4-6H,3,7H2,1-2H3,(H,12,13). The molecule has 0 amide bonds. The van der Waals surface area contributed by atoms with Crippen LogP contribution in [0.4, 0.5) is 0 Å². The molecule has 0 unspecified atom stereocenters. The van der Waals surface area contributed by atoms with Gasteiger partial charge >= 0.3 is 5.97 Å². The zero-order chi connectivity index (χ0) is 12.3. The van der Waals surface area contributed by atoms with Gasteiger partial charge in [0.25, 0.3) is 0 Å². The van der Waals surface area contributed by atoms with Gasteiger partial charge in [-0.1, -0.05) is 24.6 Å². The molecule has 4 nitrogen and oxygen atoms in total. The van der Waals surface area contributed by atoms with Crippen LogP contribution in [-0.4, -0.2) is 25.2 Å². The Kier molecular flexibility index (Phi) is 3.70. The molecule has 5 heteroatoms. The first-order valence-corrected chi connectivity index (χ1v) is 6.56. The van der Waals surface area contributed by atoms with E-state index in [1.54, 1.807) is 26.0 Å². The van der Waals surface area contributed by atoms with Gasteiger partial charge in [0, 0.05) is 0 Å². The summed E-state index contributed by atoms with van der Waals surface area (Å²) in [5.74, 6) is -1.05. The highest BCUT2D eigenvalue weighted by Gasteiger charge is 2.17. The van der Waals surface area contributed by atoms with Gasteiger partial charge in [0.15, 0.2) is 9.84 Å². The second-order valence-electron chi connectivity index (χ2n) is 3.59. The van der Waals surface area contributed by atoms with E-state index in [4.69, 9.17) is 5.11 Å². The van der Waals surface area contributed by atoms with Gasteiger partial charge in [0.1, 0.15) is 0 Å². The normalized spacial score (nSPS) is 11.4. The minimum Gasteiger partial charge on any atom is -0.481 e. The van der Waals surface area contributed by atoms with E-state index < -0.39 is 15.8 Å². The number of hydrogen-bond acceptors (Lipinski definition) is 3. The lowest BCUT2D eigenvalue weighted by molar-refractivity contribution is -0.136. The van der Waals surface area contributed by atoms with Gasteiger partial charge in [-0.3, -0.25) is 4.79 Å². The van der Waals surface area contributed by atoms with Crippen LogP contribution in [0, 0.1) is 6.92 Å². The van der Waals surface area contributed by atoms with Gasteiger partial charge in [-0.25, -0.2) is 8.42 Å². The van der Waals surface area contributed by atoms with Crippen LogP contribution in [-0.2, 0) is 21.1 Å². The molecule has 0 fully saturated rings. The Morgan fingerprint density at radius 2 is 2.00 bits per heavy atom. The van der Waals surface area contributed by atoms with Crippen LogP contribution in [0.1, 0.15) is 18.1 Å². The fourth-order valence-electron chi connectivity index (χ4n) is 1.47. The number of carboxylic acid groups (broad SMARTS) is 1. The molecule has 0 aliphatic heterocycles. The number of aryl methyl sites for hydroxylation is 1. The van der Waals surface area contributed by atoms with Gasteiger partial charge in [-0.05, 0) is 18.6 Å². The largest absolute Gasteiger partial charge is 0.481 e. The fraction of sp³-hybridized carbons (Fsp3) is 0.364. The monoisotopic (exact) mass is 242 g/mol. The highest BCUT2D eigenvalue weighted by atomic mass is 32.2. The Morgan fingerprint density at radius 1 is 1.38 bits per heavy atom. The first-order valence-electron chi connectivity index (χ1n) is 4.91. The molecule has 0 aliphatic rings. The molecule has 1 aromatic rings. The summed E-state index contributed by atoms with van der Waals surface area (Å²) in [6, 6.07) is 4.76. The molecule has 0 saturated heterocycles. The van der Waals surface area contributed by atoms with E-state index in [9.17, 15) is 13.2 Å². The molecule has 0 heterocycles. The van der Waals surface area contributed by atoms with E-state index in [1.807, 2.05) is 0 Å². The molecular formula is C11H14O4S. The van der Waals surface area contributed by atoms with Crippen LogP contribution in [0.5, 0.6) is 0 Å². The van der Waals surface area contributed by atoms with Gasteiger partial charge in [0.2, 0.25) is 0 Å². The van der Waals surface area contributed by atoms with E-state index in [0.29, 0.717) is 5.56 Å². The van der Waals surface area contributed by atoms with Crippen LogP contribution in [0.25, 0.3) is 0 Å². The van der Waals surface area contributed by atoms with Crippen molar-refractivity contribution in [1.29, 1.82) is 0 Å². The Hall–Kier alpha value is -1.36. The van der Waals surface area contributed by atoms with Crippen LogP contribution in [0.2, 0.25) is 0 Å². The minimum absolute atomic E-state index is 0.0251. The minimum atomic E-state index is -3.35. The summed E-state index contributed by atoms with van der Waals surface area (Å²) in [7, 11) is -3.35. The highest BCUT2D eigenvalue weighted by molar-refractivity contribution is 7.91. The van der Waals surface area contributed by atoms with E-state index in [0.717, 1.165) is 5.56 Å². The van der Waals surface area contributed by atoms with E-state index >= 15 is 0 Å². The summed E-state index contributed by atoms with van der Waals surface area (Å²) in [5, 5.41) is 8.73. The lowest BCUT2D eigenvalue weighted by Gasteiger charge is -2.08. The third kappa shape index (κ3) is 2.82. The van der Waals surface area contributed by atoms with Gasteiger partial charge < -0.3 is 5.11 Å². The van der Waals surface area contributed by atoms with Crippen molar-refractivity contribution in [2.24, 2.45) is 0 Å². The maximum Gasteiger partial charge on any atom is 0.307 e. The second kappa shape index (κ2) is 4.65. The number of aliphatic carboxylic acids is 1. The Bertz CT molecular complexity index is 503. The van der Waals surface area contributed by atoms with Crippen molar-refractivity contribution in [2.75, 3.05) is 5.75 Å². The predicted molar refractivity (Wildman–Crippen MR) is 60.2 cm³/mol. The molecule has 1 aromatic carbocycles. The van der Waals surface area contributed by atoms with Crippen LogP contribution in [0.15, 0.2) is 23.1 Å². The summed E-state index contributed by atoms with van der Waals surface area (Å²) >= 11 is 0. The van der Waals surface area contributed by atoms with E-state index in [-0.39, 0.29) is 17.1 Å². The Labute approximate surface area is 94.8 Å². The van der Waals surface area contributed by atoms with E-state index in [1.165, 1.54) is 6.07 Å². The van der Waals surface area contributed by atoms with Crippen LogP contribution in [0.3, 0.4) is 0 Å². The summed E-state index contributed by atoms with van der Waals surface area (Å²) in [5.41, 5.74) is 1.21. The highest BCUT2D eigenvalue weighted by Crippen LogP contribution is 2.19. The van der Waals surface area contributed by atoms with Crippen molar-refractivity contribution >= 4 is 15.8 Å². The lowest BCUT2D eigenvalue weighted by Crippen LogP contribution is -2.10. The average molecular weight is 242 g/mol. The second-order valence-corrected chi connectivity index (χ2v) is 5.83. The van der Waals surface area contributed by atoms with Crippen molar-refractivity contribution in [3.8, 4) is 0 Å². The average Bonchev–Trinajstić information content (AvgIpc) is 2.16. The Balaban J connectivity index is 3.34. The lowest BCUT2D eigenvalue weighted by atomic mass is 10.1. The quantitative estimate of drug-likeness (QED) is 0.866. The van der Waals surface area contributed by atoms with Gasteiger partial charge in [0.05, 0.1) is 17.1 Å². The molecule has 0 bridgehead atoms. The molecule has 0 aromatic heterocycles. The third-order valence-electron chi connectivity index (χ3n) is 2.27. The molecule has 16 heavy (non-hydrogen) atoms. The van der Waals surface area contributed by atoms with Crippen molar-refractivity contribution in [2.45, 2.75) is 25.2 Å². The number of sulfone groups is 1. The predicted octanol–water partition coefficient (Wildman–Crippen LogP) is 1.42. The van der Waals surface area contributed by atoms with Crippen molar-refractivity contribution in [3.05, 3.63) is 29.3 Å². The molecule has 1 N–H and O–H groups in total. The number of carboxylic acids is 1. The zero-order valence-corrected chi connectivity index (χ0v) is 10.0. The first-order chi connectivity index (χ1) is 7.36. The number of hydrogen-bond donors (Lipinski definition) is 1. The molecule has 0 atom stereocenters. The molecule has 1 rings (SSSR count). The Morgan fingerprint density at radius 3 is 2.50 bits per heavy atom. The van der Waals surface area contributed by atoms with Gasteiger partial charge in [-0.15, -0.1) is 0 Å². The molecule has 0 radical (unpaired) electrons. The van der Waals surface area contributed by atoms with Crippen molar-refractivity contribution in [3.63, 3.8) is 0 Å². The fourth-order valence-corrected chi connectivity index (χ4v) is 2.59.